The van der Waals surface area contributed by atoms with E-state index < -0.39 is 28.8 Å². The molecular formula is C24H26Cl2F3N9O4. The van der Waals surface area contributed by atoms with Gasteiger partial charge in [0.05, 0.1) is 16.4 Å². The first-order valence-corrected chi connectivity index (χ1v) is 12.7. The standard InChI is InChI=1S/C22H25Cl2N9O2.C2HF3O2/c1-31(2)11-14-12-32-19(28-14)10-17(15-4-3-13(23)9-16(15)24)29-21(32)27-8-7-22(33(34)35)6-5-18(25)30-20(22)26;3-2(4,5)1(6)7/h3-6,9-10,12,20H,7-8,11,26H2,1-2H3,(H2,25,30)(H,27,29);(H,6,7). The maximum Gasteiger partial charge on any atom is 0.490 e. The highest BCUT2D eigenvalue weighted by Crippen LogP contribution is 2.31. The largest absolute Gasteiger partial charge is 0.490 e. The highest BCUT2D eigenvalue weighted by molar-refractivity contribution is 6.36. The maximum atomic E-state index is 11.9. The Labute approximate surface area is 246 Å². The van der Waals surface area contributed by atoms with E-state index in [9.17, 15) is 23.3 Å². The van der Waals surface area contributed by atoms with Gasteiger partial charge in [-0.3, -0.25) is 14.5 Å². The summed E-state index contributed by atoms with van der Waals surface area (Å²) in [6.45, 7) is 0.817. The number of alkyl halides is 3. The molecule has 4 rings (SSSR count). The number of amidine groups is 1. The quantitative estimate of drug-likeness (QED) is 0.211. The minimum atomic E-state index is -5.08. The molecule has 0 spiro atoms. The smallest absolute Gasteiger partial charge is 0.475 e. The topological polar surface area (TPSA) is 190 Å². The number of rotatable bonds is 8. The number of nitrogens with two attached hydrogens (primary N) is 2. The lowest BCUT2D eigenvalue weighted by Crippen LogP contribution is -2.54. The summed E-state index contributed by atoms with van der Waals surface area (Å²) in [4.78, 5) is 35.8. The summed E-state index contributed by atoms with van der Waals surface area (Å²) in [6.07, 6.45) is -1.44. The number of fused-ring (bicyclic) bond motifs is 1. The molecule has 1 aliphatic rings. The van der Waals surface area contributed by atoms with Crippen molar-refractivity contribution in [3.05, 3.63) is 68.5 Å². The fourth-order valence-electron chi connectivity index (χ4n) is 3.91. The number of aromatic nitrogens is 3. The van der Waals surface area contributed by atoms with Crippen LogP contribution in [-0.4, -0.2) is 79.6 Å². The highest BCUT2D eigenvalue weighted by atomic mass is 35.5. The number of hydrogen-bond acceptors (Lipinski definition) is 10. The number of nitro groups is 1. The molecule has 42 heavy (non-hydrogen) atoms. The second-order valence-electron chi connectivity index (χ2n) is 9.35. The number of carboxylic acid groups (broad SMARTS) is 1. The maximum absolute atomic E-state index is 11.9. The van der Waals surface area contributed by atoms with Gasteiger partial charge in [0.2, 0.25) is 5.95 Å². The molecule has 0 amide bonds. The Balaban J connectivity index is 0.000000616. The normalized spacial score (nSPS) is 18.4. The molecule has 1 aromatic carbocycles. The molecule has 1 aliphatic heterocycles. The van der Waals surface area contributed by atoms with E-state index in [1.807, 2.05) is 31.3 Å². The van der Waals surface area contributed by atoms with E-state index in [1.54, 1.807) is 22.6 Å². The first-order chi connectivity index (χ1) is 19.5. The molecule has 0 saturated carbocycles. The van der Waals surface area contributed by atoms with Crippen molar-refractivity contribution >= 4 is 46.6 Å². The minimum Gasteiger partial charge on any atom is -0.475 e. The van der Waals surface area contributed by atoms with Crippen molar-refractivity contribution in [1.29, 1.82) is 0 Å². The number of anilines is 1. The Bertz CT molecular complexity index is 1550. The lowest BCUT2D eigenvalue weighted by Gasteiger charge is -2.28. The van der Waals surface area contributed by atoms with Crippen LogP contribution < -0.4 is 16.8 Å². The Morgan fingerprint density at radius 2 is 1.95 bits per heavy atom. The molecule has 0 bridgehead atoms. The predicted molar refractivity (Wildman–Crippen MR) is 151 cm³/mol. The van der Waals surface area contributed by atoms with E-state index in [0.29, 0.717) is 39.4 Å². The first-order valence-electron chi connectivity index (χ1n) is 12.0. The summed E-state index contributed by atoms with van der Waals surface area (Å²) in [6, 6.07) is 6.99. The van der Waals surface area contributed by atoms with Gasteiger partial charge in [0.15, 0.2) is 6.17 Å². The van der Waals surface area contributed by atoms with E-state index in [0.717, 1.165) is 5.69 Å². The lowest BCUT2D eigenvalue weighted by atomic mass is 9.90. The Morgan fingerprint density at radius 3 is 2.50 bits per heavy atom. The lowest BCUT2D eigenvalue weighted by molar-refractivity contribution is -0.559. The zero-order chi connectivity index (χ0) is 31.4. The fraction of sp³-hybridized carbons (Fsp3) is 0.333. The number of nitrogens with one attached hydrogen (secondary N) is 1. The number of dihydropyridines is 1. The van der Waals surface area contributed by atoms with Crippen molar-refractivity contribution in [2.24, 2.45) is 16.5 Å². The zero-order valence-corrected chi connectivity index (χ0v) is 23.7. The number of imidazole rings is 1. The Hall–Kier alpha value is -3.99. The van der Waals surface area contributed by atoms with Crippen LogP contribution >= 0.6 is 23.2 Å². The summed E-state index contributed by atoms with van der Waals surface area (Å²) < 4.78 is 33.5. The van der Waals surface area contributed by atoms with Crippen molar-refractivity contribution in [2.45, 2.75) is 30.8 Å². The van der Waals surface area contributed by atoms with E-state index in [4.69, 9.17) is 54.5 Å². The third kappa shape index (κ3) is 7.64. The molecule has 18 heteroatoms. The molecule has 3 heterocycles. The van der Waals surface area contributed by atoms with Crippen molar-refractivity contribution < 1.29 is 28.0 Å². The summed E-state index contributed by atoms with van der Waals surface area (Å²) in [5.41, 5.74) is 12.8. The van der Waals surface area contributed by atoms with Gasteiger partial charge in [-0.1, -0.05) is 23.2 Å². The molecule has 2 unspecified atom stereocenters. The van der Waals surface area contributed by atoms with Crippen molar-refractivity contribution in [2.75, 3.05) is 26.0 Å². The van der Waals surface area contributed by atoms with Crippen LogP contribution in [0.4, 0.5) is 19.1 Å². The number of benzene rings is 1. The van der Waals surface area contributed by atoms with Crippen molar-refractivity contribution in [3.8, 4) is 11.3 Å². The number of carboxylic acids is 1. The van der Waals surface area contributed by atoms with Gasteiger partial charge in [0.1, 0.15) is 11.5 Å². The number of carbonyl (C=O) groups is 1. The van der Waals surface area contributed by atoms with Gasteiger partial charge in [0.25, 0.3) is 5.54 Å². The van der Waals surface area contributed by atoms with Crippen LogP contribution in [0.1, 0.15) is 12.1 Å². The van der Waals surface area contributed by atoms with Crippen molar-refractivity contribution in [3.63, 3.8) is 0 Å². The number of nitrogens with zero attached hydrogens (tertiary/aromatic N) is 6. The van der Waals surface area contributed by atoms with E-state index in [1.165, 1.54) is 12.2 Å². The van der Waals surface area contributed by atoms with Crippen LogP contribution in [0.3, 0.4) is 0 Å². The second-order valence-corrected chi connectivity index (χ2v) is 10.2. The zero-order valence-electron chi connectivity index (χ0n) is 22.1. The van der Waals surface area contributed by atoms with Crippen LogP contribution in [0, 0.1) is 10.1 Å². The van der Waals surface area contributed by atoms with Gasteiger partial charge in [0, 0.05) is 47.3 Å². The Morgan fingerprint density at radius 1 is 1.29 bits per heavy atom. The van der Waals surface area contributed by atoms with E-state index in [-0.39, 0.29) is 18.8 Å². The van der Waals surface area contributed by atoms with Crippen molar-refractivity contribution in [1.82, 2.24) is 19.3 Å². The molecule has 226 valence electrons. The molecule has 0 radical (unpaired) electrons. The second kappa shape index (κ2) is 12.9. The molecule has 13 nitrogen and oxygen atoms in total. The molecule has 0 saturated heterocycles. The molecule has 3 aromatic rings. The van der Waals surface area contributed by atoms with Gasteiger partial charge < -0.3 is 26.8 Å². The molecule has 0 aliphatic carbocycles. The van der Waals surface area contributed by atoms with E-state index >= 15 is 0 Å². The van der Waals surface area contributed by atoms with Crippen LogP contribution in [0.25, 0.3) is 16.9 Å². The number of halogens is 5. The van der Waals surface area contributed by atoms with Gasteiger partial charge in [-0.2, -0.15) is 13.2 Å². The number of hydrogen-bond donors (Lipinski definition) is 4. The number of aliphatic imine (C=N–C) groups is 1. The SMILES string of the molecule is CN(C)Cc1cn2c(NCCC3([N+](=O)[O-])C=CC(N)=NC3N)nc(-c3ccc(Cl)cc3Cl)cc2n1.O=C(O)C(F)(F)F. The van der Waals surface area contributed by atoms with Gasteiger partial charge in [-0.05, 0) is 44.4 Å². The molecule has 2 atom stereocenters. The minimum absolute atomic E-state index is 0.0583. The molecule has 6 N–H and O–H groups in total. The monoisotopic (exact) mass is 631 g/mol. The average molecular weight is 632 g/mol. The summed E-state index contributed by atoms with van der Waals surface area (Å²) in [5.74, 6) is -2.14. The van der Waals surface area contributed by atoms with E-state index in [2.05, 4.69) is 10.3 Å². The van der Waals surface area contributed by atoms with Crippen LogP contribution in [0.5, 0.6) is 0 Å². The van der Waals surface area contributed by atoms with Crippen LogP contribution in [-0.2, 0) is 11.3 Å². The van der Waals surface area contributed by atoms with Crippen LogP contribution in [0.15, 0.2) is 47.6 Å². The third-order valence-electron chi connectivity index (χ3n) is 5.92. The van der Waals surface area contributed by atoms with Crippen LogP contribution in [0.2, 0.25) is 10.0 Å². The predicted octanol–water partition coefficient (Wildman–Crippen LogP) is 3.43. The highest BCUT2D eigenvalue weighted by Gasteiger charge is 2.48. The number of aliphatic carboxylic acids is 1. The Kier molecular flexibility index (Phi) is 9.98. The van der Waals surface area contributed by atoms with Gasteiger partial charge >= 0.3 is 12.1 Å². The summed E-state index contributed by atoms with van der Waals surface area (Å²) in [5, 5.41) is 23.2. The van der Waals surface area contributed by atoms with Gasteiger partial charge in [-0.15, -0.1) is 0 Å². The summed E-state index contributed by atoms with van der Waals surface area (Å²) >= 11 is 12.5. The third-order valence-corrected chi connectivity index (χ3v) is 6.47. The molecule has 0 fully saturated rings. The average Bonchev–Trinajstić information content (AvgIpc) is 3.27. The summed E-state index contributed by atoms with van der Waals surface area (Å²) in [7, 11) is 3.90. The fourth-order valence-corrected chi connectivity index (χ4v) is 4.41. The molecule has 2 aromatic heterocycles. The first kappa shape index (κ1) is 32.5. The van der Waals surface area contributed by atoms with Gasteiger partial charge in [-0.25, -0.2) is 19.8 Å². The molecular weight excluding hydrogens is 606 g/mol.